The maximum absolute atomic E-state index is 8.87. The minimum atomic E-state index is 0.0797. The summed E-state index contributed by atoms with van der Waals surface area (Å²) in [5, 5.41) is 11.9. The quantitative estimate of drug-likeness (QED) is 0.379. The van der Waals surface area contributed by atoms with E-state index in [4.69, 9.17) is 15.7 Å². The van der Waals surface area contributed by atoms with Crippen LogP contribution in [0.25, 0.3) is 0 Å². The molecule has 6 nitrogen and oxygen atoms in total. The Labute approximate surface area is 123 Å². The van der Waals surface area contributed by atoms with Crippen LogP contribution in [0.3, 0.4) is 0 Å². The highest BCUT2D eigenvalue weighted by Crippen LogP contribution is 2.21. The van der Waals surface area contributed by atoms with Crippen LogP contribution in [0.1, 0.15) is 11.3 Å². The summed E-state index contributed by atoms with van der Waals surface area (Å²) < 4.78 is 5.12. The van der Waals surface area contributed by atoms with E-state index in [0.717, 1.165) is 11.4 Å². The van der Waals surface area contributed by atoms with Gasteiger partial charge in [-0.3, -0.25) is 0 Å². The van der Waals surface area contributed by atoms with Crippen molar-refractivity contribution >= 4 is 11.5 Å². The lowest BCUT2D eigenvalue weighted by atomic mass is 10.1. The Kier molecular flexibility index (Phi) is 4.61. The zero-order chi connectivity index (χ0) is 15.2. The summed E-state index contributed by atoms with van der Waals surface area (Å²) in [4.78, 5) is 6.36. The van der Waals surface area contributed by atoms with Gasteiger partial charge in [-0.15, -0.1) is 0 Å². The van der Waals surface area contributed by atoms with Crippen LogP contribution in [-0.2, 0) is 6.54 Å². The van der Waals surface area contributed by atoms with Crippen LogP contribution in [0.5, 0.6) is 5.88 Å². The second-order valence-electron chi connectivity index (χ2n) is 4.53. The van der Waals surface area contributed by atoms with Crippen molar-refractivity contribution in [3.05, 3.63) is 53.7 Å². The first-order valence-electron chi connectivity index (χ1n) is 6.43. The Bertz CT molecular complexity index is 643. The molecule has 0 fully saturated rings. The number of anilines is 1. The summed E-state index contributed by atoms with van der Waals surface area (Å²) in [5.41, 5.74) is 8.11. The van der Waals surface area contributed by atoms with Crippen molar-refractivity contribution in [3.63, 3.8) is 0 Å². The fraction of sp³-hybridized carbons (Fsp3) is 0.200. The first kappa shape index (κ1) is 14.6. The lowest BCUT2D eigenvalue weighted by molar-refractivity contribution is 0.318. The predicted octanol–water partition coefficient (Wildman–Crippen LogP) is 1.82. The van der Waals surface area contributed by atoms with E-state index in [1.807, 2.05) is 42.3 Å². The maximum atomic E-state index is 8.87. The van der Waals surface area contributed by atoms with E-state index >= 15 is 0 Å². The molecule has 0 radical (unpaired) electrons. The lowest BCUT2D eigenvalue weighted by Crippen LogP contribution is -2.23. The predicted molar refractivity (Wildman–Crippen MR) is 81.8 cm³/mol. The number of nitrogens with zero attached hydrogens (tertiary/aromatic N) is 3. The van der Waals surface area contributed by atoms with Crippen LogP contribution in [0, 0.1) is 0 Å². The normalized spacial score (nSPS) is 11.2. The van der Waals surface area contributed by atoms with Crippen LogP contribution in [0.15, 0.2) is 47.6 Å². The number of nitrogens with two attached hydrogens (primary N) is 1. The zero-order valence-corrected chi connectivity index (χ0v) is 12.0. The lowest BCUT2D eigenvalue weighted by Gasteiger charge is -2.21. The number of para-hydroxylation sites is 1. The molecule has 2 aromatic rings. The van der Waals surface area contributed by atoms with Crippen molar-refractivity contribution in [2.45, 2.75) is 6.54 Å². The molecule has 6 heteroatoms. The van der Waals surface area contributed by atoms with Crippen molar-refractivity contribution in [2.24, 2.45) is 10.9 Å². The molecule has 0 atom stereocenters. The molecule has 3 N–H and O–H groups in total. The fourth-order valence-corrected chi connectivity index (χ4v) is 2.06. The highest BCUT2D eigenvalue weighted by atomic mass is 16.5. The summed E-state index contributed by atoms with van der Waals surface area (Å²) in [6.07, 6.45) is 0. The third kappa shape index (κ3) is 3.42. The molecule has 0 aliphatic rings. The molecule has 21 heavy (non-hydrogen) atoms. The molecular formula is C15H18N4O2. The summed E-state index contributed by atoms with van der Waals surface area (Å²) in [6.45, 7) is 0.576. The number of pyridine rings is 1. The second-order valence-corrected chi connectivity index (χ2v) is 4.53. The van der Waals surface area contributed by atoms with Crippen LogP contribution >= 0.6 is 0 Å². The molecule has 0 bridgehead atoms. The number of methoxy groups -OCH3 is 1. The van der Waals surface area contributed by atoms with Gasteiger partial charge in [-0.25, -0.2) is 4.98 Å². The van der Waals surface area contributed by atoms with Crippen molar-refractivity contribution in [3.8, 4) is 5.88 Å². The minimum Gasteiger partial charge on any atom is -0.481 e. The van der Waals surface area contributed by atoms with Crippen molar-refractivity contribution in [1.29, 1.82) is 0 Å². The molecular weight excluding hydrogens is 268 g/mol. The summed E-state index contributed by atoms with van der Waals surface area (Å²) >= 11 is 0. The van der Waals surface area contributed by atoms with E-state index in [1.165, 1.54) is 0 Å². The molecule has 110 valence electrons. The molecule has 0 aliphatic carbocycles. The van der Waals surface area contributed by atoms with E-state index in [9.17, 15) is 0 Å². The number of aromatic nitrogens is 1. The molecule has 0 saturated heterocycles. The summed E-state index contributed by atoms with van der Waals surface area (Å²) in [5.74, 6) is 0.654. The molecule has 1 heterocycles. The molecule has 0 spiro atoms. The molecule has 0 amide bonds. The second kappa shape index (κ2) is 6.60. The Hall–Kier alpha value is -2.76. The Balaban J connectivity index is 2.26. The van der Waals surface area contributed by atoms with Gasteiger partial charge in [-0.1, -0.05) is 23.4 Å². The van der Waals surface area contributed by atoms with E-state index in [-0.39, 0.29) is 5.84 Å². The monoisotopic (exact) mass is 286 g/mol. The topological polar surface area (TPSA) is 84.0 Å². The number of oxime groups is 1. The van der Waals surface area contributed by atoms with Crippen LogP contribution < -0.4 is 15.4 Å². The van der Waals surface area contributed by atoms with Gasteiger partial charge < -0.3 is 20.6 Å². The van der Waals surface area contributed by atoms with E-state index < -0.39 is 0 Å². The number of hydrogen-bond donors (Lipinski definition) is 2. The van der Waals surface area contributed by atoms with Gasteiger partial charge in [0.15, 0.2) is 5.84 Å². The standard InChI is InChI=1S/C15H18N4O2/c1-19(10-11-6-5-9-14(17-11)21-2)13-8-4-3-7-12(13)15(16)18-20/h3-9,20H,10H2,1-2H3,(H2,16,18). The Morgan fingerprint density at radius 2 is 2.05 bits per heavy atom. The minimum absolute atomic E-state index is 0.0797. The van der Waals surface area contributed by atoms with Crippen LogP contribution in [-0.4, -0.2) is 30.2 Å². The number of rotatable bonds is 5. The van der Waals surface area contributed by atoms with E-state index in [2.05, 4.69) is 10.1 Å². The average molecular weight is 286 g/mol. The maximum Gasteiger partial charge on any atom is 0.213 e. The van der Waals surface area contributed by atoms with E-state index in [1.54, 1.807) is 19.2 Å². The largest absolute Gasteiger partial charge is 0.481 e. The van der Waals surface area contributed by atoms with Crippen molar-refractivity contribution < 1.29 is 9.94 Å². The van der Waals surface area contributed by atoms with Gasteiger partial charge in [-0.05, 0) is 18.2 Å². The highest BCUT2D eigenvalue weighted by Gasteiger charge is 2.11. The van der Waals surface area contributed by atoms with Gasteiger partial charge in [0, 0.05) is 24.4 Å². The van der Waals surface area contributed by atoms with Gasteiger partial charge >= 0.3 is 0 Å². The van der Waals surface area contributed by atoms with Gasteiger partial charge in [0.1, 0.15) is 0 Å². The smallest absolute Gasteiger partial charge is 0.213 e. The van der Waals surface area contributed by atoms with Gasteiger partial charge in [0.05, 0.1) is 19.3 Å². The van der Waals surface area contributed by atoms with E-state index in [0.29, 0.717) is 18.0 Å². The highest BCUT2D eigenvalue weighted by molar-refractivity contribution is 6.02. The Morgan fingerprint density at radius 1 is 1.29 bits per heavy atom. The summed E-state index contributed by atoms with van der Waals surface area (Å²) in [6, 6.07) is 13.1. The number of ether oxygens (including phenoxy) is 1. The van der Waals surface area contributed by atoms with Crippen molar-refractivity contribution in [1.82, 2.24) is 4.98 Å². The fourth-order valence-electron chi connectivity index (χ4n) is 2.06. The molecule has 0 aliphatic heterocycles. The molecule has 2 rings (SSSR count). The molecule has 1 aromatic heterocycles. The van der Waals surface area contributed by atoms with Gasteiger partial charge in [0.2, 0.25) is 5.88 Å². The van der Waals surface area contributed by atoms with Crippen molar-refractivity contribution in [2.75, 3.05) is 19.1 Å². The van der Waals surface area contributed by atoms with Gasteiger partial charge in [0.25, 0.3) is 0 Å². The summed E-state index contributed by atoms with van der Waals surface area (Å²) in [7, 11) is 3.51. The number of hydrogen-bond acceptors (Lipinski definition) is 5. The third-order valence-corrected chi connectivity index (χ3v) is 3.09. The molecule has 0 unspecified atom stereocenters. The van der Waals surface area contributed by atoms with Crippen LogP contribution in [0.4, 0.5) is 5.69 Å². The van der Waals surface area contributed by atoms with Crippen LogP contribution in [0.2, 0.25) is 0 Å². The first-order chi connectivity index (χ1) is 10.2. The number of amidine groups is 1. The average Bonchev–Trinajstić information content (AvgIpc) is 2.54. The molecule has 1 aromatic carbocycles. The SMILES string of the molecule is COc1cccc(CN(C)c2ccccc2/C(N)=N/O)n1. The molecule has 0 saturated carbocycles. The number of benzene rings is 1. The zero-order valence-electron chi connectivity index (χ0n) is 12.0. The Morgan fingerprint density at radius 3 is 2.76 bits per heavy atom. The first-order valence-corrected chi connectivity index (χ1v) is 6.43. The van der Waals surface area contributed by atoms with Gasteiger partial charge in [-0.2, -0.15) is 0 Å². The third-order valence-electron chi connectivity index (χ3n) is 3.09.